The maximum absolute atomic E-state index is 12.7. The Balaban J connectivity index is 2.05. The van der Waals surface area contributed by atoms with E-state index in [-0.39, 0.29) is 29.0 Å². The summed E-state index contributed by atoms with van der Waals surface area (Å²) in [6, 6.07) is -0.0859. The third-order valence-corrected chi connectivity index (χ3v) is 4.52. The number of alkyl halides is 3. The quantitative estimate of drug-likeness (QED) is 0.791. The minimum atomic E-state index is -4.60. The number of aromatic nitrogens is 2. The first-order valence-corrected chi connectivity index (χ1v) is 9.12. The highest BCUT2D eigenvalue weighted by atomic mass is 35.5. The Morgan fingerprint density at radius 2 is 2.07 bits per heavy atom. The Morgan fingerprint density at radius 1 is 1.41 bits per heavy atom. The van der Waals surface area contributed by atoms with Crippen molar-refractivity contribution in [2.24, 2.45) is 5.92 Å². The van der Waals surface area contributed by atoms with Crippen LogP contribution in [-0.4, -0.2) is 45.7 Å². The Hall–Kier alpha value is -1.77. The highest BCUT2D eigenvalue weighted by Gasteiger charge is 2.35. The van der Waals surface area contributed by atoms with Crippen molar-refractivity contribution in [3.8, 4) is 0 Å². The summed E-state index contributed by atoms with van der Waals surface area (Å²) in [5.41, 5.74) is -1.71. The zero-order chi connectivity index (χ0) is 20.4. The Kier molecular flexibility index (Phi) is 6.44. The minimum absolute atomic E-state index is 0.0754. The van der Waals surface area contributed by atoms with Gasteiger partial charge in [-0.05, 0) is 39.5 Å². The molecule has 2 rings (SSSR count). The first-order chi connectivity index (χ1) is 12.4. The molecule has 0 spiro atoms. The standard InChI is InChI=1S/C17H24ClF3N4O2/c1-5-10-9-25(15(26)27-16(2,3)4)7-6-11(10)23-14-13(18)24-12(8-22-14)17(19,20)21/h8,10-11H,5-7,9H2,1-4H3,(H,22,23)/t10-,11-/m1/s1. The van der Waals surface area contributed by atoms with E-state index in [4.69, 9.17) is 16.3 Å². The number of nitrogens with zero attached hydrogens (tertiary/aromatic N) is 3. The molecule has 1 fully saturated rings. The molecular formula is C17H24ClF3N4O2. The van der Waals surface area contributed by atoms with Crippen LogP contribution in [0, 0.1) is 5.92 Å². The molecule has 27 heavy (non-hydrogen) atoms. The Bertz CT molecular complexity index is 679. The molecule has 1 aromatic rings. The molecule has 1 amide bonds. The molecule has 1 N–H and O–H groups in total. The highest BCUT2D eigenvalue weighted by Crippen LogP contribution is 2.31. The van der Waals surface area contributed by atoms with Gasteiger partial charge in [-0.2, -0.15) is 13.2 Å². The van der Waals surface area contributed by atoms with Gasteiger partial charge in [-0.25, -0.2) is 14.8 Å². The highest BCUT2D eigenvalue weighted by molar-refractivity contribution is 6.31. The van der Waals surface area contributed by atoms with Gasteiger partial charge in [0, 0.05) is 19.1 Å². The fourth-order valence-corrected chi connectivity index (χ4v) is 3.10. The fourth-order valence-electron chi connectivity index (χ4n) is 2.90. The van der Waals surface area contributed by atoms with Crippen LogP contribution in [0.3, 0.4) is 0 Å². The number of anilines is 1. The number of likely N-dealkylation sites (tertiary alicyclic amines) is 1. The van der Waals surface area contributed by atoms with E-state index < -0.39 is 17.5 Å². The van der Waals surface area contributed by atoms with Crippen molar-refractivity contribution in [2.75, 3.05) is 18.4 Å². The minimum Gasteiger partial charge on any atom is -0.444 e. The van der Waals surface area contributed by atoms with Crippen LogP contribution in [0.25, 0.3) is 0 Å². The lowest BCUT2D eigenvalue weighted by molar-refractivity contribution is -0.141. The molecule has 0 aromatic carbocycles. The normalized spacial score (nSPS) is 21.1. The van der Waals surface area contributed by atoms with Crippen LogP contribution in [0.2, 0.25) is 5.15 Å². The molecule has 2 heterocycles. The van der Waals surface area contributed by atoms with Gasteiger partial charge < -0.3 is 15.0 Å². The summed E-state index contributed by atoms with van der Waals surface area (Å²) in [5.74, 6) is 0.185. The van der Waals surface area contributed by atoms with E-state index >= 15 is 0 Å². The fraction of sp³-hybridized carbons (Fsp3) is 0.706. The van der Waals surface area contributed by atoms with Gasteiger partial charge in [0.05, 0.1) is 6.20 Å². The molecule has 6 nitrogen and oxygen atoms in total. The van der Waals surface area contributed by atoms with Crippen LogP contribution < -0.4 is 5.32 Å². The molecule has 0 bridgehead atoms. The van der Waals surface area contributed by atoms with E-state index in [0.717, 1.165) is 6.42 Å². The molecule has 2 atom stereocenters. The first-order valence-electron chi connectivity index (χ1n) is 8.75. The van der Waals surface area contributed by atoms with Gasteiger partial charge in [-0.1, -0.05) is 18.5 Å². The largest absolute Gasteiger partial charge is 0.444 e. The molecule has 1 aromatic heterocycles. The third kappa shape index (κ3) is 5.85. The molecule has 1 saturated heterocycles. The topological polar surface area (TPSA) is 67.3 Å². The van der Waals surface area contributed by atoms with Gasteiger partial charge in [0.15, 0.2) is 16.7 Å². The lowest BCUT2D eigenvalue weighted by atomic mass is 9.90. The van der Waals surface area contributed by atoms with Gasteiger partial charge >= 0.3 is 12.3 Å². The van der Waals surface area contributed by atoms with Crippen molar-refractivity contribution >= 4 is 23.5 Å². The predicted molar refractivity (Wildman–Crippen MR) is 95.7 cm³/mol. The van der Waals surface area contributed by atoms with E-state index in [2.05, 4.69) is 15.3 Å². The van der Waals surface area contributed by atoms with Crippen molar-refractivity contribution in [1.29, 1.82) is 0 Å². The Morgan fingerprint density at radius 3 is 2.59 bits per heavy atom. The average Bonchev–Trinajstić information content (AvgIpc) is 2.54. The second-order valence-corrected chi connectivity index (χ2v) is 7.88. The van der Waals surface area contributed by atoms with Gasteiger partial charge in [0.1, 0.15) is 5.60 Å². The summed E-state index contributed by atoms with van der Waals surface area (Å²) in [7, 11) is 0. The Labute approximate surface area is 161 Å². The van der Waals surface area contributed by atoms with Gasteiger partial charge in [-0.3, -0.25) is 0 Å². The number of ether oxygens (including phenoxy) is 1. The van der Waals surface area contributed by atoms with E-state index in [9.17, 15) is 18.0 Å². The van der Waals surface area contributed by atoms with Crippen LogP contribution >= 0.6 is 11.6 Å². The summed E-state index contributed by atoms with van der Waals surface area (Å²) in [6.45, 7) is 8.35. The molecule has 0 saturated carbocycles. The second kappa shape index (κ2) is 8.08. The molecule has 1 aliphatic heterocycles. The average molecular weight is 409 g/mol. The van der Waals surface area contributed by atoms with Crippen LogP contribution in [-0.2, 0) is 10.9 Å². The van der Waals surface area contributed by atoms with E-state index in [1.807, 2.05) is 27.7 Å². The van der Waals surface area contributed by atoms with E-state index in [0.29, 0.717) is 25.7 Å². The van der Waals surface area contributed by atoms with Crippen LogP contribution in [0.15, 0.2) is 6.20 Å². The smallest absolute Gasteiger partial charge is 0.434 e. The van der Waals surface area contributed by atoms with Gasteiger partial charge in [-0.15, -0.1) is 0 Å². The lowest BCUT2D eigenvalue weighted by Gasteiger charge is -2.39. The number of carbonyl (C=O) groups is 1. The summed E-state index contributed by atoms with van der Waals surface area (Å²) in [5, 5.41) is 2.76. The van der Waals surface area contributed by atoms with Crippen molar-refractivity contribution in [2.45, 2.75) is 58.4 Å². The zero-order valence-electron chi connectivity index (χ0n) is 15.7. The van der Waals surface area contributed by atoms with Crippen molar-refractivity contribution in [3.05, 3.63) is 17.0 Å². The van der Waals surface area contributed by atoms with Gasteiger partial charge in [0.2, 0.25) is 0 Å². The van der Waals surface area contributed by atoms with Gasteiger partial charge in [0.25, 0.3) is 0 Å². The van der Waals surface area contributed by atoms with Crippen molar-refractivity contribution < 1.29 is 22.7 Å². The number of hydrogen-bond acceptors (Lipinski definition) is 5. The number of halogens is 4. The van der Waals surface area contributed by atoms with Crippen LogP contribution in [0.1, 0.15) is 46.2 Å². The molecule has 1 aliphatic rings. The molecule has 0 unspecified atom stereocenters. The van der Waals surface area contributed by atoms with Crippen molar-refractivity contribution in [1.82, 2.24) is 14.9 Å². The summed E-state index contributed by atoms with van der Waals surface area (Å²) in [6.07, 6.45) is -2.95. The third-order valence-electron chi connectivity index (χ3n) is 4.25. The monoisotopic (exact) mass is 408 g/mol. The lowest BCUT2D eigenvalue weighted by Crippen LogP contribution is -2.49. The summed E-state index contributed by atoms with van der Waals surface area (Å²) >= 11 is 5.88. The second-order valence-electron chi connectivity index (χ2n) is 7.53. The maximum Gasteiger partial charge on any atom is 0.434 e. The number of piperidine rings is 1. The van der Waals surface area contributed by atoms with Crippen LogP contribution in [0.4, 0.5) is 23.8 Å². The summed E-state index contributed by atoms with van der Waals surface area (Å²) in [4.78, 5) is 21.1. The number of amides is 1. The SMILES string of the molecule is CC[C@@H]1CN(C(=O)OC(C)(C)C)CC[C@H]1Nc1ncc(C(F)(F)F)nc1Cl. The number of hydrogen-bond donors (Lipinski definition) is 1. The molecule has 152 valence electrons. The molecule has 10 heteroatoms. The van der Waals surface area contributed by atoms with Crippen molar-refractivity contribution in [3.63, 3.8) is 0 Å². The number of carbonyl (C=O) groups excluding carboxylic acids is 1. The number of rotatable bonds is 3. The van der Waals surface area contributed by atoms with E-state index in [1.165, 1.54) is 0 Å². The first kappa shape index (κ1) is 21.5. The molecule has 0 aliphatic carbocycles. The van der Waals surface area contributed by atoms with Crippen LogP contribution in [0.5, 0.6) is 0 Å². The predicted octanol–water partition coefficient (Wildman–Crippen LogP) is 4.60. The molecule has 0 radical (unpaired) electrons. The van der Waals surface area contributed by atoms with E-state index in [1.54, 1.807) is 4.90 Å². The molecular weight excluding hydrogens is 385 g/mol. The summed E-state index contributed by atoms with van der Waals surface area (Å²) < 4.78 is 43.4. The zero-order valence-corrected chi connectivity index (χ0v) is 16.5. The number of nitrogens with one attached hydrogen (secondary N) is 1. The maximum atomic E-state index is 12.7.